The third-order valence-corrected chi connectivity index (χ3v) is 3.20. The van der Waals surface area contributed by atoms with E-state index in [1.54, 1.807) is 4.90 Å². The number of carbonyl (C=O) groups is 1. The number of carbonyl (C=O) groups excluding carboxylic acids is 1. The van der Waals surface area contributed by atoms with E-state index in [1.807, 2.05) is 0 Å². The Hall–Kier alpha value is -1.70. The monoisotopic (exact) mass is 284 g/mol. The zero-order chi connectivity index (χ0) is 14.7. The number of aliphatic hydroxyl groups excluding tert-OH is 2. The van der Waals surface area contributed by atoms with Gasteiger partial charge in [0.15, 0.2) is 6.10 Å². The molecule has 1 aromatic carbocycles. The van der Waals surface area contributed by atoms with Gasteiger partial charge in [-0.25, -0.2) is 4.39 Å². The fourth-order valence-corrected chi connectivity index (χ4v) is 2.17. The predicted molar refractivity (Wildman–Crippen MR) is 71.2 cm³/mol. The maximum atomic E-state index is 14.1. The van der Waals surface area contributed by atoms with E-state index >= 15 is 0 Å². The predicted octanol–water partition coefficient (Wildman–Crippen LogP) is 0.256. The van der Waals surface area contributed by atoms with Gasteiger partial charge in [-0.3, -0.25) is 4.79 Å². The van der Waals surface area contributed by atoms with Crippen molar-refractivity contribution >= 4 is 17.3 Å². The lowest BCUT2D eigenvalue weighted by Crippen LogP contribution is -2.31. The fraction of sp³-hybridized carbons (Fsp3) is 0.462. The van der Waals surface area contributed by atoms with Gasteiger partial charge in [-0.1, -0.05) is 0 Å². The van der Waals surface area contributed by atoms with Gasteiger partial charge in [0.05, 0.1) is 18.9 Å². The highest BCUT2D eigenvalue weighted by Gasteiger charge is 2.30. The number of amides is 1. The average molecular weight is 284 g/mol. The van der Waals surface area contributed by atoms with Crippen molar-refractivity contribution in [1.29, 1.82) is 0 Å². The second kappa shape index (κ2) is 6.17. The second-order valence-electron chi connectivity index (χ2n) is 4.49. The van der Waals surface area contributed by atoms with Crippen LogP contribution in [0.2, 0.25) is 0 Å². The number of benzene rings is 1. The normalized spacial score (nSPS) is 17.0. The molecular weight excluding hydrogens is 267 g/mol. The Labute approximate surface area is 115 Å². The summed E-state index contributed by atoms with van der Waals surface area (Å²) in [4.78, 5) is 13.0. The number of rotatable bonds is 6. The van der Waals surface area contributed by atoms with E-state index in [1.165, 1.54) is 13.2 Å². The SMILES string of the molecule is COCCN(CCO)c1cc2c(cc1F)C(O)C(=O)N2. The molecule has 0 saturated carbocycles. The smallest absolute Gasteiger partial charge is 0.257 e. The van der Waals surface area contributed by atoms with Crippen LogP contribution in [-0.2, 0) is 9.53 Å². The van der Waals surface area contributed by atoms with Crippen molar-refractivity contribution in [2.45, 2.75) is 6.10 Å². The summed E-state index contributed by atoms with van der Waals surface area (Å²) in [5, 5.41) is 21.1. The number of ether oxygens (including phenoxy) is 1. The van der Waals surface area contributed by atoms with Gasteiger partial charge < -0.3 is 25.2 Å². The highest BCUT2D eigenvalue weighted by molar-refractivity contribution is 6.02. The number of anilines is 2. The van der Waals surface area contributed by atoms with Crippen LogP contribution in [0.15, 0.2) is 12.1 Å². The molecular formula is C13H17FN2O4. The van der Waals surface area contributed by atoms with Crippen molar-refractivity contribution in [2.24, 2.45) is 0 Å². The van der Waals surface area contributed by atoms with Gasteiger partial charge in [0.25, 0.3) is 5.91 Å². The maximum absolute atomic E-state index is 14.1. The molecule has 20 heavy (non-hydrogen) atoms. The summed E-state index contributed by atoms with van der Waals surface area (Å²) >= 11 is 0. The minimum absolute atomic E-state index is 0.130. The zero-order valence-corrected chi connectivity index (χ0v) is 11.1. The molecule has 0 fully saturated rings. The van der Waals surface area contributed by atoms with Gasteiger partial charge >= 0.3 is 0 Å². The van der Waals surface area contributed by atoms with E-state index in [9.17, 15) is 14.3 Å². The average Bonchev–Trinajstić information content (AvgIpc) is 2.70. The summed E-state index contributed by atoms with van der Waals surface area (Å²) in [7, 11) is 1.53. The molecule has 1 unspecified atom stereocenters. The largest absolute Gasteiger partial charge is 0.395 e. The summed E-state index contributed by atoms with van der Waals surface area (Å²) < 4.78 is 19.1. The van der Waals surface area contributed by atoms with E-state index in [0.29, 0.717) is 18.8 Å². The Kier molecular flexibility index (Phi) is 4.53. The molecule has 1 aliphatic heterocycles. The lowest BCUT2D eigenvalue weighted by Gasteiger charge is -2.24. The Morgan fingerprint density at radius 1 is 1.45 bits per heavy atom. The number of fused-ring (bicyclic) bond motifs is 1. The molecule has 2 rings (SSSR count). The first kappa shape index (κ1) is 14.7. The first-order valence-electron chi connectivity index (χ1n) is 6.25. The lowest BCUT2D eigenvalue weighted by atomic mass is 10.1. The van der Waals surface area contributed by atoms with Gasteiger partial charge in [0, 0.05) is 31.5 Å². The number of aliphatic hydroxyl groups is 2. The zero-order valence-electron chi connectivity index (χ0n) is 11.1. The number of halogens is 1. The van der Waals surface area contributed by atoms with Crippen LogP contribution < -0.4 is 10.2 Å². The fourth-order valence-electron chi connectivity index (χ4n) is 2.17. The van der Waals surface area contributed by atoms with Crippen LogP contribution in [0.25, 0.3) is 0 Å². The summed E-state index contributed by atoms with van der Waals surface area (Å²) in [5.74, 6) is -1.12. The molecule has 0 spiro atoms. The molecule has 3 N–H and O–H groups in total. The Morgan fingerprint density at radius 3 is 2.85 bits per heavy atom. The minimum atomic E-state index is -1.33. The van der Waals surface area contributed by atoms with Crippen LogP contribution in [0.4, 0.5) is 15.8 Å². The molecule has 1 atom stereocenters. The van der Waals surface area contributed by atoms with E-state index in [2.05, 4.69) is 5.32 Å². The molecule has 7 heteroatoms. The van der Waals surface area contributed by atoms with Crippen molar-refractivity contribution in [3.63, 3.8) is 0 Å². The van der Waals surface area contributed by atoms with Crippen LogP contribution in [0.1, 0.15) is 11.7 Å². The number of hydrogen-bond donors (Lipinski definition) is 3. The van der Waals surface area contributed by atoms with Crippen LogP contribution in [0.3, 0.4) is 0 Å². The molecule has 1 heterocycles. The number of nitrogens with zero attached hydrogens (tertiary/aromatic N) is 1. The van der Waals surface area contributed by atoms with Crippen molar-refractivity contribution < 1.29 is 24.1 Å². The lowest BCUT2D eigenvalue weighted by molar-refractivity contribution is -0.123. The van der Waals surface area contributed by atoms with Crippen LogP contribution in [0.5, 0.6) is 0 Å². The first-order chi connectivity index (χ1) is 9.58. The van der Waals surface area contributed by atoms with Crippen LogP contribution in [-0.4, -0.2) is 49.5 Å². The van der Waals surface area contributed by atoms with Gasteiger partial charge in [0.2, 0.25) is 0 Å². The van der Waals surface area contributed by atoms with Crippen molar-refractivity contribution in [3.8, 4) is 0 Å². The van der Waals surface area contributed by atoms with E-state index in [-0.39, 0.29) is 24.4 Å². The topological polar surface area (TPSA) is 82.0 Å². The van der Waals surface area contributed by atoms with E-state index in [4.69, 9.17) is 9.84 Å². The second-order valence-corrected chi connectivity index (χ2v) is 4.49. The Bertz CT molecular complexity index is 509. The number of nitrogens with one attached hydrogen (secondary N) is 1. The third kappa shape index (κ3) is 2.74. The molecule has 1 aliphatic rings. The van der Waals surface area contributed by atoms with E-state index in [0.717, 1.165) is 6.07 Å². The number of hydrogen-bond acceptors (Lipinski definition) is 5. The highest BCUT2D eigenvalue weighted by Crippen LogP contribution is 2.35. The summed E-state index contributed by atoms with van der Waals surface area (Å²) in [6.07, 6.45) is -1.33. The van der Waals surface area contributed by atoms with Gasteiger partial charge in [-0.05, 0) is 12.1 Å². The van der Waals surface area contributed by atoms with Crippen molar-refractivity contribution in [2.75, 3.05) is 43.6 Å². The molecule has 110 valence electrons. The van der Waals surface area contributed by atoms with Crippen LogP contribution >= 0.6 is 0 Å². The summed E-state index contributed by atoms with van der Waals surface area (Å²) in [6.45, 7) is 0.902. The standard InChI is InChI=1S/C13H17FN2O4/c1-20-5-3-16(2-4-17)11-7-10-8(6-9(11)14)12(18)13(19)15-10/h6-7,12,17-18H,2-5H2,1H3,(H,15,19). The Morgan fingerprint density at radius 2 is 2.20 bits per heavy atom. The van der Waals surface area contributed by atoms with Gasteiger partial charge in [0.1, 0.15) is 5.82 Å². The molecule has 0 saturated heterocycles. The molecule has 0 bridgehead atoms. The summed E-state index contributed by atoms with van der Waals surface area (Å²) in [6, 6.07) is 2.61. The van der Waals surface area contributed by atoms with Crippen molar-refractivity contribution in [1.82, 2.24) is 0 Å². The minimum Gasteiger partial charge on any atom is -0.395 e. The molecule has 1 amide bonds. The van der Waals surface area contributed by atoms with Crippen molar-refractivity contribution in [3.05, 3.63) is 23.5 Å². The van der Waals surface area contributed by atoms with Gasteiger partial charge in [-0.15, -0.1) is 0 Å². The maximum Gasteiger partial charge on any atom is 0.257 e. The third-order valence-electron chi connectivity index (χ3n) is 3.20. The quantitative estimate of drug-likeness (QED) is 0.698. The van der Waals surface area contributed by atoms with Gasteiger partial charge in [-0.2, -0.15) is 0 Å². The summed E-state index contributed by atoms with van der Waals surface area (Å²) in [5.41, 5.74) is 0.871. The highest BCUT2D eigenvalue weighted by atomic mass is 19.1. The Balaban J connectivity index is 2.32. The molecule has 6 nitrogen and oxygen atoms in total. The molecule has 1 aromatic rings. The van der Waals surface area contributed by atoms with Crippen LogP contribution in [0, 0.1) is 5.82 Å². The number of methoxy groups -OCH3 is 1. The molecule has 0 aliphatic carbocycles. The molecule has 0 radical (unpaired) electrons. The van der Waals surface area contributed by atoms with E-state index < -0.39 is 17.8 Å². The first-order valence-corrected chi connectivity index (χ1v) is 6.25. The molecule has 0 aromatic heterocycles.